The molecule has 0 spiro atoms. The lowest BCUT2D eigenvalue weighted by atomic mass is 10.3. The van der Waals surface area contributed by atoms with Crippen molar-refractivity contribution < 1.29 is 28.1 Å². The highest BCUT2D eigenvalue weighted by Crippen LogP contribution is 2.14. The molecule has 7 heteroatoms. The molecule has 19 heavy (non-hydrogen) atoms. The number of benzene rings is 1. The van der Waals surface area contributed by atoms with Gasteiger partial charge >= 0.3 is 5.97 Å². The Morgan fingerprint density at radius 1 is 1.37 bits per heavy atom. The van der Waals surface area contributed by atoms with Crippen molar-refractivity contribution in [1.29, 1.82) is 0 Å². The first kappa shape index (κ1) is 15.4. The van der Waals surface area contributed by atoms with Gasteiger partial charge in [-0.1, -0.05) is 6.58 Å². The van der Waals surface area contributed by atoms with Crippen LogP contribution >= 0.6 is 0 Å². The Hall–Kier alpha value is -1.70. The lowest BCUT2D eigenvalue weighted by molar-refractivity contribution is -0.141. The first-order valence-corrected chi connectivity index (χ1v) is 6.44. The zero-order valence-electron chi connectivity index (χ0n) is 10.0. The molecule has 0 saturated heterocycles. The van der Waals surface area contributed by atoms with Gasteiger partial charge in [-0.05, 0) is 24.3 Å². The summed E-state index contributed by atoms with van der Waals surface area (Å²) in [5, 5.41) is 9.47. The topological polar surface area (TPSA) is 93.1 Å². The van der Waals surface area contributed by atoms with Gasteiger partial charge in [0.05, 0.1) is 4.90 Å². The monoisotopic (exact) mass is 286 g/mol. The average Bonchev–Trinajstić information content (AvgIpc) is 2.42. The molecule has 1 aromatic rings. The van der Waals surface area contributed by atoms with Gasteiger partial charge in [-0.3, -0.25) is 0 Å². The average molecular weight is 286 g/mol. The molecular weight excluding hydrogens is 272 g/mol. The number of aliphatic hydroxyl groups excluding tert-OH is 1. The van der Waals surface area contributed by atoms with Crippen molar-refractivity contribution in [3.63, 3.8) is 0 Å². The molecule has 1 rings (SSSR count). The zero-order valence-corrected chi connectivity index (χ0v) is 10.8. The Morgan fingerprint density at radius 2 is 2.00 bits per heavy atom. The van der Waals surface area contributed by atoms with Crippen LogP contribution in [0.1, 0.15) is 0 Å². The lowest BCUT2D eigenvalue weighted by Crippen LogP contribution is -2.24. The van der Waals surface area contributed by atoms with Gasteiger partial charge in [-0.15, -0.1) is 0 Å². The molecule has 2 atom stereocenters. The number of carbonyl (C=O) groups excluding carboxylic acids is 1. The fourth-order valence-corrected chi connectivity index (χ4v) is 1.50. The first-order chi connectivity index (χ1) is 9.02. The Kier molecular flexibility index (Phi) is 6.20. The van der Waals surface area contributed by atoms with E-state index in [1.165, 1.54) is 24.3 Å². The number of carbonyl (C=O) groups is 1. The lowest BCUT2D eigenvalue weighted by Gasteiger charge is -2.12. The normalized spacial score (nSPS) is 13.4. The van der Waals surface area contributed by atoms with Gasteiger partial charge in [0, 0.05) is 6.08 Å². The van der Waals surface area contributed by atoms with Gasteiger partial charge in [-0.2, -0.15) is 0 Å². The van der Waals surface area contributed by atoms with Crippen LogP contribution in [0.25, 0.3) is 0 Å². The summed E-state index contributed by atoms with van der Waals surface area (Å²) < 4.78 is 29.4. The Labute approximate surface area is 112 Å². The minimum Gasteiger partial charge on any atom is -0.491 e. The molecule has 0 radical (unpaired) electrons. The molecule has 0 bridgehead atoms. The smallest absolute Gasteiger partial charge is 0.330 e. The maximum Gasteiger partial charge on any atom is 0.330 e. The maximum atomic E-state index is 10.7. The second kappa shape index (κ2) is 7.67. The summed E-state index contributed by atoms with van der Waals surface area (Å²) in [4.78, 5) is 11.0. The number of rotatable bonds is 7. The van der Waals surface area contributed by atoms with Crippen LogP contribution < -0.4 is 4.74 Å². The predicted octanol–water partition coefficient (Wildman–Crippen LogP) is 0.736. The van der Waals surface area contributed by atoms with Gasteiger partial charge in [0.2, 0.25) is 0 Å². The molecule has 2 unspecified atom stereocenters. The standard InChI is InChI=1S/C12H14O6S/c1-2-12(14)18-8-9(13)7-17-10-3-5-11(6-4-10)19(15)16/h2-6,9,13H,1,7-8H2,(H,15,16). The van der Waals surface area contributed by atoms with E-state index in [0.29, 0.717) is 5.75 Å². The van der Waals surface area contributed by atoms with Gasteiger partial charge in [0.15, 0.2) is 11.1 Å². The third-order valence-electron chi connectivity index (χ3n) is 2.05. The van der Waals surface area contributed by atoms with E-state index in [0.717, 1.165) is 6.08 Å². The van der Waals surface area contributed by atoms with Crippen molar-refractivity contribution in [1.82, 2.24) is 0 Å². The first-order valence-electron chi connectivity index (χ1n) is 5.34. The Bertz CT molecular complexity index is 456. The third-order valence-corrected chi connectivity index (χ3v) is 2.73. The van der Waals surface area contributed by atoms with Gasteiger partial charge in [0.1, 0.15) is 25.1 Å². The zero-order chi connectivity index (χ0) is 14.3. The maximum absolute atomic E-state index is 10.7. The molecule has 1 aromatic carbocycles. The van der Waals surface area contributed by atoms with Crippen LogP contribution in [0.2, 0.25) is 0 Å². The van der Waals surface area contributed by atoms with E-state index >= 15 is 0 Å². The largest absolute Gasteiger partial charge is 0.491 e. The molecule has 6 nitrogen and oxygen atoms in total. The van der Waals surface area contributed by atoms with E-state index in [-0.39, 0.29) is 18.1 Å². The minimum absolute atomic E-state index is 0.0635. The fourth-order valence-electron chi connectivity index (χ4n) is 1.13. The molecule has 104 valence electrons. The predicted molar refractivity (Wildman–Crippen MR) is 68.1 cm³/mol. The molecule has 0 aromatic heterocycles. The molecule has 0 saturated carbocycles. The number of ether oxygens (including phenoxy) is 2. The summed E-state index contributed by atoms with van der Waals surface area (Å²) in [6, 6.07) is 5.89. The molecule has 0 aliphatic heterocycles. The second-order valence-corrected chi connectivity index (χ2v) is 4.49. The van der Waals surface area contributed by atoms with Gasteiger partial charge < -0.3 is 19.1 Å². The highest BCUT2D eigenvalue weighted by atomic mass is 32.2. The third kappa shape index (κ3) is 5.64. The molecule has 0 amide bonds. The van der Waals surface area contributed by atoms with Crippen LogP contribution in [0.15, 0.2) is 41.8 Å². The van der Waals surface area contributed by atoms with Crippen LogP contribution in [0.3, 0.4) is 0 Å². The van der Waals surface area contributed by atoms with Crippen molar-refractivity contribution in [2.45, 2.75) is 11.0 Å². The van der Waals surface area contributed by atoms with Crippen LogP contribution in [0.5, 0.6) is 5.75 Å². The van der Waals surface area contributed by atoms with Crippen molar-refractivity contribution in [2.24, 2.45) is 0 Å². The molecule has 0 fully saturated rings. The summed E-state index contributed by atoms with van der Waals surface area (Å²) in [6.07, 6.45) is 0.0388. The van der Waals surface area contributed by atoms with Crippen LogP contribution in [0.4, 0.5) is 0 Å². The molecule has 2 N–H and O–H groups in total. The molecular formula is C12H14O6S. The Balaban J connectivity index is 2.37. The second-order valence-electron chi connectivity index (χ2n) is 3.52. The minimum atomic E-state index is -2.03. The van der Waals surface area contributed by atoms with E-state index in [9.17, 15) is 14.1 Å². The van der Waals surface area contributed by atoms with Crippen LogP contribution in [-0.2, 0) is 20.6 Å². The van der Waals surface area contributed by atoms with Gasteiger partial charge in [-0.25, -0.2) is 9.00 Å². The summed E-state index contributed by atoms with van der Waals surface area (Å²) in [7, 11) is 0. The summed E-state index contributed by atoms with van der Waals surface area (Å²) in [6.45, 7) is 2.97. The highest BCUT2D eigenvalue weighted by molar-refractivity contribution is 7.79. The quantitative estimate of drug-likeness (QED) is 0.436. The van der Waals surface area contributed by atoms with Crippen molar-refractivity contribution in [3.05, 3.63) is 36.9 Å². The van der Waals surface area contributed by atoms with Gasteiger partial charge in [0.25, 0.3) is 0 Å². The SMILES string of the molecule is C=CC(=O)OCC(O)COc1ccc(S(=O)O)cc1. The molecule has 0 aliphatic rings. The molecule has 0 aliphatic carbocycles. The van der Waals surface area contributed by atoms with E-state index in [4.69, 9.17) is 9.29 Å². The van der Waals surface area contributed by atoms with Crippen molar-refractivity contribution in [2.75, 3.05) is 13.2 Å². The van der Waals surface area contributed by atoms with Crippen molar-refractivity contribution in [3.8, 4) is 5.75 Å². The number of aliphatic hydroxyl groups is 1. The fraction of sp³-hybridized carbons (Fsp3) is 0.250. The van der Waals surface area contributed by atoms with E-state index < -0.39 is 23.2 Å². The van der Waals surface area contributed by atoms with Crippen molar-refractivity contribution >= 4 is 17.0 Å². The highest BCUT2D eigenvalue weighted by Gasteiger charge is 2.08. The Morgan fingerprint density at radius 3 is 2.53 bits per heavy atom. The van der Waals surface area contributed by atoms with Crippen LogP contribution in [0, 0.1) is 0 Å². The summed E-state index contributed by atoms with van der Waals surface area (Å²) in [5.74, 6) is -0.183. The summed E-state index contributed by atoms with van der Waals surface area (Å²) >= 11 is -2.03. The van der Waals surface area contributed by atoms with E-state index in [1.54, 1.807) is 0 Å². The summed E-state index contributed by atoms with van der Waals surface area (Å²) in [5.41, 5.74) is 0. The molecule has 0 heterocycles. The number of esters is 1. The van der Waals surface area contributed by atoms with E-state index in [1.807, 2.05) is 0 Å². The van der Waals surface area contributed by atoms with E-state index in [2.05, 4.69) is 11.3 Å². The number of hydrogen-bond donors (Lipinski definition) is 2. The van der Waals surface area contributed by atoms with Crippen LogP contribution in [-0.4, -0.2) is 39.2 Å². The number of hydrogen-bond acceptors (Lipinski definition) is 5.